The summed E-state index contributed by atoms with van der Waals surface area (Å²) in [4.78, 5) is 3.82. The summed E-state index contributed by atoms with van der Waals surface area (Å²) in [5, 5.41) is 12.1. The fourth-order valence-corrected chi connectivity index (χ4v) is 2.59. The van der Waals surface area contributed by atoms with Gasteiger partial charge in [-0.05, 0) is 44.2 Å². The molecule has 1 aromatic heterocycles. The molecule has 30 heavy (non-hydrogen) atoms. The number of hydrogen-bond acceptors (Lipinski definition) is 4. The van der Waals surface area contributed by atoms with Crippen LogP contribution in [0.2, 0.25) is 5.02 Å². The summed E-state index contributed by atoms with van der Waals surface area (Å²) in [6.45, 7) is 3.88. The summed E-state index contributed by atoms with van der Waals surface area (Å²) in [7, 11) is 0. The minimum atomic E-state index is -4.56. The second-order valence-corrected chi connectivity index (χ2v) is 6.91. The maximum Gasteiger partial charge on any atom is 0.417 e. The Morgan fingerprint density at radius 2 is 1.57 bits per heavy atom. The molecular formula is C21H17ClF3N5. The second kappa shape index (κ2) is 9.04. The van der Waals surface area contributed by atoms with Crippen LogP contribution in [0.3, 0.4) is 0 Å². The Balaban J connectivity index is 1.97. The number of hydrogen-bond donors (Lipinski definition) is 1. The van der Waals surface area contributed by atoms with E-state index in [-0.39, 0.29) is 16.6 Å². The van der Waals surface area contributed by atoms with Crippen LogP contribution < -0.4 is 5.43 Å². The van der Waals surface area contributed by atoms with Crippen LogP contribution in [-0.2, 0) is 6.18 Å². The highest BCUT2D eigenvalue weighted by molar-refractivity contribution is 6.33. The predicted molar refractivity (Wildman–Crippen MR) is 111 cm³/mol. The summed E-state index contributed by atoms with van der Waals surface area (Å²) in [6, 6.07) is 15.4. The second-order valence-electron chi connectivity index (χ2n) is 6.50. The fraction of sp³-hybridized carbons (Fsp3) is 0.143. The van der Waals surface area contributed by atoms with Crippen molar-refractivity contribution in [2.24, 2.45) is 15.3 Å². The van der Waals surface area contributed by atoms with Gasteiger partial charge in [-0.1, -0.05) is 47.0 Å². The lowest BCUT2D eigenvalue weighted by Gasteiger charge is -2.09. The van der Waals surface area contributed by atoms with Crippen molar-refractivity contribution in [3.63, 3.8) is 0 Å². The number of hydrazone groups is 1. The van der Waals surface area contributed by atoms with E-state index in [0.717, 1.165) is 17.2 Å². The van der Waals surface area contributed by atoms with Gasteiger partial charge in [0, 0.05) is 6.20 Å². The lowest BCUT2D eigenvalue weighted by Crippen LogP contribution is -2.10. The first-order chi connectivity index (χ1) is 14.2. The number of azo groups is 1. The third kappa shape index (κ3) is 5.64. The maximum atomic E-state index is 12.9. The lowest BCUT2D eigenvalue weighted by molar-refractivity contribution is -0.137. The molecule has 3 aromatic rings. The number of pyridine rings is 1. The van der Waals surface area contributed by atoms with E-state index in [9.17, 15) is 13.2 Å². The topological polar surface area (TPSA) is 62.0 Å². The summed E-state index contributed by atoms with van der Waals surface area (Å²) in [6.07, 6.45) is -3.87. The molecule has 3 rings (SSSR count). The summed E-state index contributed by atoms with van der Waals surface area (Å²) in [5.41, 5.74) is 5.14. The highest BCUT2D eigenvalue weighted by Crippen LogP contribution is 2.31. The quantitative estimate of drug-likeness (QED) is 0.211. The molecule has 1 heterocycles. The van der Waals surface area contributed by atoms with Gasteiger partial charge in [-0.25, -0.2) is 0 Å². The standard InChI is InChI=1S/C21H17ClF3N5/c1-13-3-7-16(8-4-13)27-29-20(30-28-17-9-5-14(2)6-10-17)19-18(22)11-15(12-26-19)21(23,24)25/h3-12,27H,1-2H3/b29-20+,30-28?. The van der Waals surface area contributed by atoms with Crippen molar-refractivity contribution in [1.29, 1.82) is 0 Å². The molecule has 0 fully saturated rings. The molecule has 0 bridgehead atoms. The molecule has 0 aliphatic carbocycles. The zero-order valence-corrected chi connectivity index (χ0v) is 16.8. The van der Waals surface area contributed by atoms with E-state index < -0.39 is 11.7 Å². The number of anilines is 1. The van der Waals surface area contributed by atoms with Crippen molar-refractivity contribution in [3.8, 4) is 0 Å². The first-order valence-corrected chi connectivity index (χ1v) is 9.22. The fourth-order valence-electron chi connectivity index (χ4n) is 2.34. The summed E-state index contributed by atoms with van der Waals surface area (Å²) >= 11 is 6.06. The first kappa shape index (κ1) is 21.4. The van der Waals surface area contributed by atoms with Crippen LogP contribution in [0.4, 0.5) is 24.5 Å². The Bertz CT molecular complexity index is 1080. The van der Waals surface area contributed by atoms with Crippen LogP contribution in [0, 0.1) is 13.8 Å². The first-order valence-electron chi connectivity index (χ1n) is 8.84. The van der Waals surface area contributed by atoms with Gasteiger partial charge in [0.25, 0.3) is 0 Å². The zero-order chi connectivity index (χ0) is 21.7. The van der Waals surface area contributed by atoms with Crippen LogP contribution in [-0.4, -0.2) is 10.8 Å². The highest BCUT2D eigenvalue weighted by Gasteiger charge is 2.32. The number of nitrogens with zero attached hydrogens (tertiary/aromatic N) is 4. The number of nitrogens with one attached hydrogen (secondary N) is 1. The molecule has 0 amide bonds. The summed E-state index contributed by atoms with van der Waals surface area (Å²) in [5.74, 6) is -0.0603. The van der Waals surface area contributed by atoms with Gasteiger partial charge in [-0.2, -0.15) is 18.3 Å². The van der Waals surface area contributed by atoms with E-state index in [4.69, 9.17) is 11.6 Å². The number of amidine groups is 1. The van der Waals surface area contributed by atoms with Gasteiger partial charge in [0.2, 0.25) is 5.84 Å². The van der Waals surface area contributed by atoms with Crippen LogP contribution in [0.5, 0.6) is 0 Å². The molecule has 0 aliphatic rings. The van der Waals surface area contributed by atoms with E-state index in [1.807, 2.05) is 38.1 Å². The van der Waals surface area contributed by atoms with Gasteiger partial charge in [-0.3, -0.25) is 10.4 Å². The number of rotatable bonds is 4. The summed E-state index contributed by atoms with van der Waals surface area (Å²) < 4.78 is 38.8. The van der Waals surface area contributed by atoms with Crippen molar-refractivity contribution >= 4 is 28.8 Å². The van der Waals surface area contributed by atoms with Crippen molar-refractivity contribution in [3.05, 3.63) is 88.2 Å². The molecule has 1 N–H and O–H groups in total. The number of aryl methyl sites for hydroxylation is 2. The largest absolute Gasteiger partial charge is 0.417 e. The Morgan fingerprint density at radius 1 is 0.967 bits per heavy atom. The smallest absolute Gasteiger partial charge is 0.276 e. The van der Waals surface area contributed by atoms with Gasteiger partial charge < -0.3 is 0 Å². The van der Waals surface area contributed by atoms with E-state index in [2.05, 4.69) is 25.7 Å². The van der Waals surface area contributed by atoms with Crippen LogP contribution in [0.1, 0.15) is 22.4 Å². The van der Waals surface area contributed by atoms with Crippen LogP contribution in [0.15, 0.2) is 76.1 Å². The van der Waals surface area contributed by atoms with Crippen molar-refractivity contribution < 1.29 is 13.2 Å². The molecule has 0 radical (unpaired) electrons. The Hall–Kier alpha value is -3.26. The van der Waals surface area contributed by atoms with E-state index in [0.29, 0.717) is 17.6 Å². The average Bonchev–Trinajstić information content (AvgIpc) is 2.70. The number of benzene rings is 2. The molecule has 0 atom stereocenters. The third-order valence-corrected chi connectivity index (χ3v) is 4.31. The third-order valence-electron chi connectivity index (χ3n) is 4.02. The molecule has 2 aromatic carbocycles. The number of aromatic nitrogens is 1. The van der Waals surface area contributed by atoms with Gasteiger partial charge in [-0.15, -0.1) is 10.2 Å². The highest BCUT2D eigenvalue weighted by atomic mass is 35.5. The van der Waals surface area contributed by atoms with E-state index >= 15 is 0 Å². The molecule has 0 unspecified atom stereocenters. The molecule has 5 nitrogen and oxygen atoms in total. The minimum Gasteiger partial charge on any atom is -0.276 e. The predicted octanol–water partition coefficient (Wildman–Crippen LogP) is 6.93. The van der Waals surface area contributed by atoms with Crippen LogP contribution in [0.25, 0.3) is 0 Å². The monoisotopic (exact) mass is 431 g/mol. The molecule has 0 saturated carbocycles. The number of halogens is 4. The van der Waals surface area contributed by atoms with Gasteiger partial charge in [0.15, 0.2) is 0 Å². The molecular weight excluding hydrogens is 415 g/mol. The van der Waals surface area contributed by atoms with Gasteiger partial charge >= 0.3 is 6.18 Å². The Labute approximate surface area is 176 Å². The Morgan fingerprint density at radius 3 is 2.13 bits per heavy atom. The lowest BCUT2D eigenvalue weighted by atomic mass is 10.2. The maximum absolute atomic E-state index is 12.9. The molecule has 0 aliphatic heterocycles. The van der Waals surface area contributed by atoms with Gasteiger partial charge in [0.1, 0.15) is 5.69 Å². The number of alkyl halides is 3. The van der Waals surface area contributed by atoms with Crippen molar-refractivity contribution in [2.45, 2.75) is 20.0 Å². The van der Waals surface area contributed by atoms with Gasteiger partial charge in [0.05, 0.1) is 22.0 Å². The van der Waals surface area contributed by atoms with E-state index in [1.54, 1.807) is 24.3 Å². The average molecular weight is 432 g/mol. The Kier molecular flexibility index (Phi) is 6.47. The molecule has 0 spiro atoms. The minimum absolute atomic E-state index is 0.0276. The molecule has 9 heteroatoms. The van der Waals surface area contributed by atoms with E-state index in [1.165, 1.54) is 0 Å². The molecule has 154 valence electrons. The van der Waals surface area contributed by atoms with Crippen molar-refractivity contribution in [2.75, 3.05) is 5.43 Å². The SMILES string of the molecule is Cc1ccc(N=N/C(=N/Nc2ccc(C)cc2)c2ncc(C(F)(F)F)cc2Cl)cc1. The zero-order valence-electron chi connectivity index (χ0n) is 16.1. The van der Waals surface area contributed by atoms with Crippen LogP contribution >= 0.6 is 11.6 Å². The molecule has 0 saturated heterocycles. The normalized spacial score (nSPS) is 12.4. The van der Waals surface area contributed by atoms with Crippen molar-refractivity contribution in [1.82, 2.24) is 4.98 Å².